The fourth-order valence-corrected chi connectivity index (χ4v) is 5.45. The molecule has 0 bridgehead atoms. The number of para-hydroxylation sites is 1. The van der Waals surface area contributed by atoms with Crippen molar-refractivity contribution in [3.8, 4) is 11.3 Å². The number of hydrogen-bond donors (Lipinski definition) is 1. The van der Waals surface area contributed by atoms with Crippen LogP contribution in [0.4, 0.5) is 15.8 Å². The molecule has 176 valence electrons. The molecule has 0 saturated heterocycles. The average Bonchev–Trinajstić information content (AvgIpc) is 3.14. The van der Waals surface area contributed by atoms with Crippen LogP contribution < -0.4 is 10.2 Å². The highest BCUT2D eigenvalue weighted by Crippen LogP contribution is 2.39. The summed E-state index contributed by atoms with van der Waals surface area (Å²) in [5.74, 6) is -1.17. The van der Waals surface area contributed by atoms with E-state index in [-0.39, 0.29) is 16.5 Å². The van der Waals surface area contributed by atoms with E-state index >= 15 is 0 Å². The van der Waals surface area contributed by atoms with Crippen LogP contribution >= 0.6 is 22.9 Å². The van der Waals surface area contributed by atoms with Gasteiger partial charge in [0.25, 0.3) is 11.8 Å². The number of anilines is 2. The van der Waals surface area contributed by atoms with Gasteiger partial charge in [-0.1, -0.05) is 35.9 Å². The summed E-state index contributed by atoms with van der Waals surface area (Å²) in [7, 11) is 0. The number of fused-ring (bicyclic) bond motifs is 3. The topological polar surface area (TPSA) is 62.3 Å². The van der Waals surface area contributed by atoms with Crippen molar-refractivity contribution in [2.45, 2.75) is 20.3 Å². The maximum absolute atomic E-state index is 13.6. The summed E-state index contributed by atoms with van der Waals surface area (Å²) in [5.41, 5.74) is 4.27. The highest BCUT2D eigenvalue weighted by molar-refractivity contribution is 7.12. The molecular formula is C27H21ClFN3O2S. The Balaban J connectivity index is 1.42. The second kappa shape index (κ2) is 9.24. The summed E-state index contributed by atoms with van der Waals surface area (Å²) in [6, 6.07) is 16.5. The Morgan fingerprint density at radius 3 is 2.66 bits per heavy atom. The smallest absolute Gasteiger partial charge is 0.259 e. The van der Waals surface area contributed by atoms with Crippen LogP contribution in [0.25, 0.3) is 11.3 Å². The van der Waals surface area contributed by atoms with E-state index in [0.29, 0.717) is 29.8 Å². The maximum Gasteiger partial charge on any atom is 0.259 e. The summed E-state index contributed by atoms with van der Waals surface area (Å²) < 4.78 is 13.6. The molecule has 0 radical (unpaired) electrons. The number of rotatable bonds is 3. The Morgan fingerprint density at radius 2 is 1.86 bits per heavy atom. The lowest BCUT2D eigenvalue weighted by molar-refractivity contribution is 0.0986. The van der Waals surface area contributed by atoms with E-state index in [1.54, 1.807) is 41.4 Å². The largest absolute Gasteiger partial charge is 0.322 e. The standard InChI is InChI=1S/C27H21ClFN3O2S/c1-15-7-8-17(29)13-21(15)26(33)31-18-9-10-19(22(28)14-18)27(34)32-12-11-24-25(30-16(2)35-24)20-5-3-4-6-23(20)32/h3-10,13-14H,11-12H2,1-2H3,(H,31,33). The van der Waals surface area contributed by atoms with Crippen molar-refractivity contribution < 1.29 is 14.0 Å². The van der Waals surface area contributed by atoms with Gasteiger partial charge in [-0.05, 0) is 55.8 Å². The number of amides is 2. The number of carbonyl (C=O) groups excluding carboxylic acids is 2. The lowest BCUT2D eigenvalue weighted by atomic mass is 10.1. The highest BCUT2D eigenvalue weighted by atomic mass is 35.5. The average molecular weight is 506 g/mol. The van der Waals surface area contributed by atoms with Crippen LogP contribution in [0, 0.1) is 19.7 Å². The number of hydrogen-bond acceptors (Lipinski definition) is 4. The summed E-state index contributed by atoms with van der Waals surface area (Å²) >= 11 is 8.17. The summed E-state index contributed by atoms with van der Waals surface area (Å²) in [6.45, 7) is 4.22. The third-order valence-corrected chi connectivity index (χ3v) is 7.31. The minimum atomic E-state index is -0.489. The Labute approximate surface area is 211 Å². The molecule has 0 saturated carbocycles. The molecule has 8 heteroatoms. The maximum atomic E-state index is 13.6. The Kier molecular flexibility index (Phi) is 6.13. The molecule has 4 aromatic rings. The molecule has 0 aliphatic carbocycles. The minimum absolute atomic E-state index is 0.217. The Hall–Kier alpha value is -3.55. The number of aryl methyl sites for hydroxylation is 2. The van der Waals surface area contributed by atoms with Gasteiger partial charge in [-0.3, -0.25) is 9.59 Å². The number of thiazole rings is 1. The fourth-order valence-electron chi connectivity index (χ4n) is 4.25. The van der Waals surface area contributed by atoms with Crippen molar-refractivity contribution in [3.05, 3.63) is 98.1 Å². The molecule has 35 heavy (non-hydrogen) atoms. The third kappa shape index (κ3) is 4.45. The molecular weight excluding hydrogens is 485 g/mol. The number of aromatic nitrogens is 1. The normalized spacial score (nSPS) is 12.5. The molecule has 5 nitrogen and oxygen atoms in total. The van der Waals surface area contributed by atoms with Gasteiger partial charge in [0.2, 0.25) is 0 Å². The van der Waals surface area contributed by atoms with Gasteiger partial charge < -0.3 is 10.2 Å². The van der Waals surface area contributed by atoms with Crippen molar-refractivity contribution in [1.29, 1.82) is 0 Å². The number of nitrogens with one attached hydrogen (secondary N) is 1. The molecule has 2 amide bonds. The van der Waals surface area contributed by atoms with Gasteiger partial charge in [0.05, 0.1) is 27.0 Å². The van der Waals surface area contributed by atoms with E-state index in [0.717, 1.165) is 26.8 Å². The molecule has 0 unspecified atom stereocenters. The lowest BCUT2D eigenvalue weighted by Crippen LogP contribution is -2.32. The van der Waals surface area contributed by atoms with Crippen LogP contribution in [0.2, 0.25) is 5.02 Å². The van der Waals surface area contributed by atoms with E-state index in [9.17, 15) is 14.0 Å². The first-order valence-electron chi connectivity index (χ1n) is 11.1. The molecule has 1 N–H and O–H groups in total. The third-order valence-electron chi connectivity index (χ3n) is 5.96. The molecule has 1 aliphatic rings. The molecule has 1 aromatic heterocycles. The number of nitrogens with zero attached hydrogens (tertiary/aromatic N) is 2. The van der Waals surface area contributed by atoms with E-state index in [2.05, 4.69) is 5.32 Å². The van der Waals surface area contributed by atoms with Crippen LogP contribution in [-0.4, -0.2) is 23.3 Å². The van der Waals surface area contributed by atoms with Gasteiger partial charge in [-0.25, -0.2) is 9.37 Å². The monoisotopic (exact) mass is 505 g/mol. The summed E-state index contributed by atoms with van der Waals surface area (Å²) in [6.07, 6.45) is 0.694. The molecule has 5 rings (SSSR count). The van der Waals surface area contributed by atoms with Crippen molar-refractivity contribution in [2.24, 2.45) is 0 Å². The summed E-state index contributed by atoms with van der Waals surface area (Å²) in [5, 5.41) is 3.95. The van der Waals surface area contributed by atoms with E-state index < -0.39 is 11.7 Å². The van der Waals surface area contributed by atoms with Crippen LogP contribution in [0.5, 0.6) is 0 Å². The first-order chi connectivity index (χ1) is 16.8. The van der Waals surface area contributed by atoms with Gasteiger partial charge in [-0.15, -0.1) is 11.3 Å². The molecule has 0 spiro atoms. The lowest BCUT2D eigenvalue weighted by Gasteiger charge is -2.23. The quantitative estimate of drug-likeness (QED) is 0.338. The predicted octanol–water partition coefficient (Wildman–Crippen LogP) is 6.67. The van der Waals surface area contributed by atoms with Crippen molar-refractivity contribution in [2.75, 3.05) is 16.8 Å². The first-order valence-corrected chi connectivity index (χ1v) is 12.3. The second-order valence-electron chi connectivity index (χ2n) is 8.34. The molecule has 1 aliphatic heterocycles. The second-order valence-corrected chi connectivity index (χ2v) is 10.0. The number of carbonyl (C=O) groups is 2. The Bertz CT molecular complexity index is 1480. The zero-order valence-electron chi connectivity index (χ0n) is 19.1. The van der Waals surface area contributed by atoms with E-state index in [1.807, 2.05) is 31.2 Å². The van der Waals surface area contributed by atoms with Gasteiger partial charge in [0.15, 0.2) is 0 Å². The zero-order valence-corrected chi connectivity index (χ0v) is 20.6. The first kappa shape index (κ1) is 23.2. The molecule has 0 fully saturated rings. The predicted molar refractivity (Wildman–Crippen MR) is 138 cm³/mol. The molecule has 3 aromatic carbocycles. The van der Waals surface area contributed by atoms with Crippen LogP contribution in [0.15, 0.2) is 60.7 Å². The van der Waals surface area contributed by atoms with E-state index in [1.165, 1.54) is 18.2 Å². The number of benzene rings is 3. The molecule has 0 atom stereocenters. The van der Waals surface area contributed by atoms with Crippen molar-refractivity contribution >= 4 is 46.1 Å². The van der Waals surface area contributed by atoms with Gasteiger partial charge >= 0.3 is 0 Å². The van der Waals surface area contributed by atoms with Crippen LogP contribution in [0.1, 0.15) is 36.2 Å². The highest BCUT2D eigenvalue weighted by Gasteiger charge is 2.28. The molecule has 2 heterocycles. The van der Waals surface area contributed by atoms with Gasteiger partial charge in [0.1, 0.15) is 5.82 Å². The van der Waals surface area contributed by atoms with Crippen molar-refractivity contribution in [3.63, 3.8) is 0 Å². The van der Waals surface area contributed by atoms with Crippen molar-refractivity contribution in [1.82, 2.24) is 4.98 Å². The number of halogens is 2. The fraction of sp³-hybridized carbons (Fsp3) is 0.148. The minimum Gasteiger partial charge on any atom is -0.322 e. The van der Waals surface area contributed by atoms with Crippen LogP contribution in [-0.2, 0) is 6.42 Å². The summed E-state index contributed by atoms with van der Waals surface area (Å²) in [4.78, 5) is 33.8. The van der Waals surface area contributed by atoms with Crippen LogP contribution in [0.3, 0.4) is 0 Å². The Morgan fingerprint density at radius 1 is 1.06 bits per heavy atom. The van der Waals surface area contributed by atoms with E-state index in [4.69, 9.17) is 16.6 Å². The zero-order chi connectivity index (χ0) is 24.7. The van der Waals surface area contributed by atoms with Gasteiger partial charge in [0, 0.05) is 34.7 Å². The SMILES string of the molecule is Cc1nc2c(s1)CCN(C(=O)c1ccc(NC(=O)c3cc(F)ccc3C)cc1Cl)c1ccccc1-2. The van der Waals surface area contributed by atoms with Gasteiger partial charge in [-0.2, -0.15) is 0 Å².